The summed E-state index contributed by atoms with van der Waals surface area (Å²) in [7, 11) is 0. The van der Waals surface area contributed by atoms with Gasteiger partial charge in [0.15, 0.2) is 6.29 Å². The van der Waals surface area contributed by atoms with Crippen LogP contribution in [-0.2, 0) is 4.74 Å². The molecule has 1 aliphatic heterocycles. The normalized spacial score (nSPS) is 49.2. The summed E-state index contributed by atoms with van der Waals surface area (Å²) in [5.74, 6) is 0. The highest BCUT2D eigenvalue weighted by Gasteiger charge is 2.42. The van der Waals surface area contributed by atoms with E-state index in [0.717, 1.165) is 0 Å². The minimum atomic E-state index is -1.57. The first-order valence-corrected chi connectivity index (χ1v) is 3.56. The molecule has 12 heavy (non-hydrogen) atoms. The fourth-order valence-corrected chi connectivity index (χ4v) is 1.08. The van der Waals surface area contributed by atoms with Crippen LogP contribution in [0.25, 0.3) is 0 Å². The number of aliphatic hydroxyl groups is 5. The topological polar surface area (TPSA) is 110 Å². The van der Waals surface area contributed by atoms with Crippen molar-refractivity contribution in [2.45, 2.75) is 30.7 Å². The third-order valence-corrected chi connectivity index (χ3v) is 1.87. The second-order valence-corrected chi connectivity index (χ2v) is 2.72. The number of ether oxygens (including phenoxy) is 1. The highest BCUT2D eigenvalue weighted by atomic mass is 16.6. The van der Waals surface area contributed by atoms with Gasteiger partial charge in [-0.3, -0.25) is 0 Å². The SMILES string of the molecule is OC[C@@H]1OC(O)[C@H](O)[C@@H](O)[C@@H]1O. The summed E-state index contributed by atoms with van der Waals surface area (Å²) < 4.78 is 4.58. The smallest absolute Gasteiger partial charge is 0.184 e. The van der Waals surface area contributed by atoms with Crippen molar-refractivity contribution in [3.05, 3.63) is 0 Å². The number of hydrogen-bond acceptors (Lipinski definition) is 6. The number of hydrogen-bond donors (Lipinski definition) is 5. The molecule has 0 aliphatic carbocycles. The Bertz CT molecular complexity index is 146. The first-order chi connectivity index (χ1) is 5.57. The molecule has 0 amide bonds. The summed E-state index contributed by atoms with van der Waals surface area (Å²) in [5.41, 5.74) is 0. The van der Waals surface area contributed by atoms with Crippen molar-refractivity contribution in [1.29, 1.82) is 0 Å². The molecule has 6 heteroatoms. The van der Waals surface area contributed by atoms with Crippen molar-refractivity contribution >= 4 is 0 Å². The Labute approximate surface area is 68.6 Å². The van der Waals surface area contributed by atoms with Crippen molar-refractivity contribution in [3.63, 3.8) is 0 Å². The Kier molecular flexibility index (Phi) is 2.99. The van der Waals surface area contributed by atoms with Gasteiger partial charge in [-0.15, -0.1) is 0 Å². The zero-order chi connectivity index (χ0) is 9.30. The van der Waals surface area contributed by atoms with Crippen molar-refractivity contribution in [3.8, 4) is 0 Å². The van der Waals surface area contributed by atoms with Crippen LogP contribution in [0.2, 0.25) is 0 Å². The molecule has 1 aliphatic rings. The average molecular weight is 180 g/mol. The van der Waals surface area contributed by atoms with E-state index >= 15 is 0 Å². The summed E-state index contributed by atoms with van der Waals surface area (Å²) in [6, 6.07) is 0. The van der Waals surface area contributed by atoms with Gasteiger partial charge >= 0.3 is 0 Å². The molecule has 0 aromatic rings. The van der Waals surface area contributed by atoms with Crippen molar-refractivity contribution in [1.82, 2.24) is 0 Å². The molecule has 5 N–H and O–H groups in total. The summed E-state index contributed by atoms with van der Waals surface area (Å²) in [6.07, 6.45) is -7.04. The second kappa shape index (κ2) is 3.65. The van der Waals surface area contributed by atoms with Crippen LogP contribution in [0.4, 0.5) is 0 Å². The van der Waals surface area contributed by atoms with Gasteiger partial charge in [-0.05, 0) is 0 Å². The molecule has 1 heterocycles. The van der Waals surface area contributed by atoms with Gasteiger partial charge in [0.2, 0.25) is 0 Å². The lowest BCUT2D eigenvalue weighted by Gasteiger charge is -2.37. The van der Waals surface area contributed by atoms with Gasteiger partial charge in [0.25, 0.3) is 0 Å². The van der Waals surface area contributed by atoms with Crippen molar-refractivity contribution in [2.75, 3.05) is 6.61 Å². The monoisotopic (exact) mass is 180 g/mol. The maximum atomic E-state index is 9.12. The Balaban J connectivity index is 2.63. The third kappa shape index (κ3) is 1.58. The van der Waals surface area contributed by atoms with Gasteiger partial charge in [0.05, 0.1) is 6.61 Å². The Morgan fingerprint density at radius 1 is 0.917 bits per heavy atom. The van der Waals surface area contributed by atoms with Crippen LogP contribution in [0.15, 0.2) is 0 Å². The van der Waals surface area contributed by atoms with Gasteiger partial charge in [0, 0.05) is 0 Å². The predicted molar refractivity (Wildman–Crippen MR) is 36.0 cm³/mol. The number of aliphatic hydroxyl groups excluding tert-OH is 5. The molecule has 0 saturated carbocycles. The van der Waals surface area contributed by atoms with Gasteiger partial charge < -0.3 is 30.3 Å². The molecule has 0 radical (unpaired) electrons. The molecule has 1 fully saturated rings. The Morgan fingerprint density at radius 2 is 1.50 bits per heavy atom. The molecule has 72 valence electrons. The minimum Gasteiger partial charge on any atom is -0.394 e. The van der Waals surface area contributed by atoms with Gasteiger partial charge in [-0.2, -0.15) is 0 Å². The maximum Gasteiger partial charge on any atom is 0.184 e. The lowest BCUT2D eigenvalue weighted by Crippen LogP contribution is -2.58. The highest BCUT2D eigenvalue weighted by molar-refractivity contribution is 4.87. The number of rotatable bonds is 1. The van der Waals surface area contributed by atoms with Crippen molar-refractivity contribution < 1.29 is 30.3 Å². The molecule has 6 nitrogen and oxygen atoms in total. The zero-order valence-electron chi connectivity index (χ0n) is 6.24. The third-order valence-electron chi connectivity index (χ3n) is 1.87. The van der Waals surface area contributed by atoms with E-state index in [4.69, 9.17) is 25.5 Å². The van der Waals surface area contributed by atoms with E-state index in [0.29, 0.717) is 0 Å². The molecule has 0 spiro atoms. The van der Waals surface area contributed by atoms with Crippen LogP contribution in [0.3, 0.4) is 0 Å². The van der Waals surface area contributed by atoms with E-state index in [1.165, 1.54) is 0 Å². The predicted octanol–water partition coefficient (Wildman–Crippen LogP) is -3.22. The van der Waals surface area contributed by atoms with E-state index in [-0.39, 0.29) is 0 Å². The standard InChI is InChI=1S/C6H12O6/c7-1-2-3(8)4(9)5(10)6(11)12-2/h2-11H,1H2/t2-,3+,4-,5+,6?/m0/s1. The molecular weight excluding hydrogens is 168 g/mol. The first kappa shape index (κ1) is 9.85. The van der Waals surface area contributed by atoms with Crippen LogP contribution in [0.5, 0.6) is 0 Å². The molecular formula is C6H12O6. The molecule has 0 bridgehead atoms. The summed E-state index contributed by atoms with van der Waals surface area (Å²) in [5, 5.41) is 44.7. The Morgan fingerprint density at radius 3 is 2.00 bits per heavy atom. The maximum absolute atomic E-state index is 9.12. The van der Waals surface area contributed by atoms with Crippen LogP contribution in [-0.4, -0.2) is 62.8 Å². The van der Waals surface area contributed by atoms with Crippen LogP contribution < -0.4 is 0 Å². The minimum absolute atomic E-state index is 0.526. The van der Waals surface area contributed by atoms with Gasteiger partial charge in [-0.1, -0.05) is 0 Å². The molecule has 1 rings (SSSR count). The largest absolute Gasteiger partial charge is 0.394 e. The van der Waals surface area contributed by atoms with Crippen LogP contribution in [0.1, 0.15) is 0 Å². The molecule has 5 atom stereocenters. The molecule has 0 aromatic heterocycles. The second-order valence-electron chi connectivity index (χ2n) is 2.72. The molecule has 1 saturated heterocycles. The first-order valence-electron chi connectivity index (χ1n) is 3.56. The van der Waals surface area contributed by atoms with E-state index < -0.39 is 37.3 Å². The van der Waals surface area contributed by atoms with Crippen LogP contribution >= 0.6 is 0 Å². The quantitative estimate of drug-likeness (QED) is 0.290. The average Bonchev–Trinajstić information content (AvgIpc) is 2.08. The van der Waals surface area contributed by atoms with Crippen LogP contribution in [0, 0.1) is 0 Å². The van der Waals surface area contributed by atoms with E-state index in [2.05, 4.69) is 4.74 Å². The van der Waals surface area contributed by atoms with E-state index in [9.17, 15) is 0 Å². The zero-order valence-corrected chi connectivity index (χ0v) is 6.24. The van der Waals surface area contributed by atoms with Gasteiger partial charge in [0.1, 0.15) is 24.4 Å². The molecule has 0 aromatic carbocycles. The molecule has 1 unspecified atom stereocenters. The van der Waals surface area contributed by atoms with E-state index in [1.807, 2.05) is 0 Å². The highest BCUT2D eigenvalue weighted by Crippen LogP contribution is 2.18. The summed E-state index contributed by atoms with van der Waals surface area (Å²) >= 11 is 0. The lowest BCUT2D eigenvalue weighted by atomic mass is 10.00. The fourth-order valence-electron chi connectivity index (χ4n) is 1.08. The summed E-state index contributed by atoms with van der Waals surface area (Å²) in [4.78, 5) is 0. The Hall–Kier alpha value is -0.240. The van der Waals surface area contributed by atoms with Gasteiger partial charge in [-0.25, -0.2) is 0 Å². The fraction of sp³-hybridized carbons (Fsp3) is 1.00. The van der Waals surface area contributed by atoms with Crippen molar-refractivity contribution in [2.24, 2.45) is 0 Å². The lowest BCUT2D eigenvalue weighted by molar-refractivity contribution is -0.286. The summed E-state index contributed by atoms with van der Waals surface area (Å²) in [6.45, 7) is -0.526. The van der Waals surface area contributed by atoms with E-state index in [1.54, 1.807) is 0 Å².